The number of fused-ring (bicyclic) bond motifs is 1. The maximum absolute atomic E-state index is 13.2. The molecule has 0 saturated carbocycles. The first-order valence-corrected chi connectivity index (χ1v) is 10.4. The normalized spacial score (nSPS) is 10.9. The second kappa shape index (κ2) is 9.00. The van der Waals surface area contributed by atoms with E-state index < -0.39 is 0 Å². The largest absolute Gasteiger partial charge is 0.494 e. The van der Waals surface area contributed by atoms with Crippen LogP contribution in [0.25, 0.3) is 10.2 Å². The van der Waals surface area contributed by atoms with E-state index in [-0.39, 0.29) is 18.1 Å². The lowest BCUT2D eigenvalue weighted by molar-refractivity contribution is -0.118. The zero-order valence-corrected chi connectivity index (χ0v) is 17.2. The smallest absolute Gasteiger partial charge is 0.233 e. The summed E-state index contributed by atoms with van der Waals surface area (Å²) < 4.78 is 19.7. The van der Waals surface area contributed by atoms with Crippen molar-refractivity contribution in [1.82, 2.24) is 9.97 Å². The number of carbonyl (C=O) groups excluding carboxylic acids is 1. The fourth-order valence-electron chi connectivity index (χ4n) is 3.07. The fraction of sp³-hybridized carbons (Fsp3) is 0.174. The number of pyridine rings is 1. The number of carbonyl (C=O) groups is 1. The molecule has 0 bridgehead atoms. The number of aromatic nitrogens is 2. The van der Waals surface area contributed by atoms with Crippen molar-refractivity contribution in [3.8, 4) is 5.75 Å². The van der Waals surface area contributed by atoms with E-state index in [1.165, 1.54) is 23.5 Å². The standard InChI is InChI=1S/C23H20FN3O2S/c1-2-29-19-7-8-20-21(14-19)30-23(26-20)27(15-17-9-11-25-12-10-17)22(28)13-16-3-5-18(24)6-4-16/h3-12,14H,2,13,15H2,1H3. The molecule has 0 unspecified atom stereocenters. The molecule has 4 aromatic rings. The molecule has 7 heteroatoms. The molecule has 2 aromatic carbocycles. The van der Waals surface area contributed by atoms with Crippen molar-refractivity contribution >= 4 is 32.6 Å². The predicted octanol–water partition coefficient (Wildman–Crippen LogP) is 5.01. The van der Waals surface area contributed by atoms with Gasteiger partial charge in [-0.05, 0) is 60.5 Å². The van der Waals surface area contributed by atoms with Crippen LogP contribution in [0.4, 0.5) is 9.52 Å². The van der Waals surface area contributed by atoms with Crippen LogP contribution in [0.5, 0.6) is 5.75 Å². The highest BCUT2D eigenvalue weighted by Gasteiger charge is 2.21. The molecule has 5 nitrogen and oxygen atoms in total. The molecule has 0 atom stereocenters. The van der Waals surface area contributed by atoms with Gasteiger partial charge >= 0.3 is 0 Å². The summed E-state index contributed by atoms with van der Waals surface area (Å²) in [4.78, 5) is 23.6. The minimum Gasteiger partial charge on any atom is -0.494 e. The van der Waals surface area contributed by atoms with Gasteiger partial charge in [0.05, 0.1) is 29.8 Å². The molecular formula is C23H20FN3O2S. The average Bonchev–Trinajstić information content (AvgIpc) is 3.17. The number of hydrogen-bond donors (Lipinski definition) is 0. The Kier molecular flexibility index (Phi) is 5.99. The first-order valence-electron chi connectivity index (χ1n) is 9.59. The van der Waals surface area contributed by atoms with Crippen LogP contribution in [0.1, 0.15) is 18.1 Å². The van der Waals surface area contributed by atoms with Gasteiger partial charge in [0.25, 0.3) is 0 Å². The molecule has 152 valence electrons. The Morgan fingerprint density at radius 3 is 2.57 bits per heavy atom. The molecule has 0 saturated heterocycles. The summed E-state index contributed by atoms with van der Waals surface area (Å²) in [5.41, 5.74) is 2.51. The number of amides is 1. The lowest BCUT2D eigenvalue weighted by atomic mass is 10.1. The van der Waals surface area contributed by atoms with Gasteiger partial charge in [-0.15, -0.1) is 0 Å². The Morgan fingerprint density at radius 1 is 1.07 bits per heavy atom. The van der Waals surface area contributed by atoms with E-state index in [0.29, 0.717) is 18.3 Å². The second-order valence-electron chi connectivity index (χ2n) is 6.70. The van der Waals surface area contributed by atoms with Crippen molar-refractivity contribution in [3.63, 3.8) is 0 Å². The van der Waals surface area contributed by atoms with Crippen LogP contribution in [0.2, 0.25) is 0 Å². The number of rotatable bonds is 7. The lowest BCUT2D eigenvalue weighted by Crippen LogP contribution is -2.31. The maximum atomic E-state index is 13.2. The molecule has 0 N–H and O–H groups in total. The van der Waals surface area contributed by atoms with E-state index in [2.05, 4.69) is 9.97 Å². The quantitative estimate of drug-likeness (QED) is 0.421. The SMILES string of the molecule is CCOc1ccc2nc(N(Cc3ccncc3)C(=O)Cc3ccc(F)cc3)sc2c1. The van der Waals surface area contributed by atoms with E-state index in [0.717, 1.165) is 27.1 Å². The zero-order valence-electron chi connectivity index (χ0n) is 16.4. The number of ether oxygens (including phenoxy) is 1. The summed E-state index contributed by atoms with van der Waals surface area (Å²) in [5, 5.41) is 0.613. The average molecular weight is 421 g/mol. The van der Waals surface area contributed by atoms with E-state index in [1.807, 2.05) is 37.3 Å². The summed E-state index contributed by atoms with van der Waals surface area (Å²) in [6.45, 7) is 2.90. The van der Waals surface area contributed by atoms with E-state index in [4.69, 9.17) is 4.74 Å². The highest BCUT2D eigenvalue weighted by Crippen LogP contribution is 2.32. The second-order valence-corrected chi connectivity index (χ2v) is 7.71. The van der Waals surface area contributed by atoms with Crippen molar-refractivity contribution in [2.24, 2.45) is 0 Å². The highest BCUT2D eigenvalue weighted by molar-refractivity contribution is 7.22. The lowest BCUT2D eigenvalue weighted by Gasteiger charge is -2.20. The summed E-state index contributed by atoms with van der Waals surface area (Å²) >= 11 is 1.44. The molecule has 4 rings (SSSR count). The third-order valence-corrected chi connectivity index (χ3v) is 5.59. The number of halogens is 1. The first-order chi connectivity index (χ1) is 14.6. The van der Waals surface area contributed by atoms with Gasteiger partial charge in [-0.25, -0.2) is 9.37 Å². The third kappa shape index (κ3) is 4.63. The fourth-order valence-corrected chi connectivity index (χ4v) is 4.08. The number of nitrogens with zero attached hydrogens (tertiary/aromatic N) is 3. The van der Waals surface area contributed by atoms with Crippen LogP contribution in [-0.4, -0.2) is 22.5 Å². The van der Waals surface area contributed by atoms with Crippen molar-refractivity contribution < 1.29 is 13.9 Å². The van der Waals surface area contributed by atoms with Crippen LogP contribution < -0.4 is 9.64 Å². The summed E-state index contributed by atoms with van der Waals surface area (Å²) in [5.74, 6) is 0.345. The molecule has 0 aliphatic rings. The van der Waals surface area contributed by atoms with Gasteiger partial charge in [-0.3, -0.25) is 14.7 Å². The molecule has 2 aromatic heterocycles. The van der Waals surface area contributed by atoms with Crippen LogP contribution in [0.15, 0.2) is 67.0 Å². The number of hydrogen-bond acceptors (Lipinski definition) is 5. The maximum Gasteiger partial charge on any atom is 0.233 e. The van der Waals surface area contributed by atoms with E-state index in [9.17, 15) is 9.18 Å². The first kappa shape index (κ1) is 20.0. The molecule has 0 fully saturated rings. The summed E-state index contributed by atoms with van der Waals surface area (Å²) in [7, 11) is 0. The Balaban J connectivity index is 1.66. The Morgan fingerprint density at radius 2 is 1.83 bits per heavy atom. The molecule has 0 radical (unpaired) electrons. The van der Waals surface area contributed by atoms with Crippen molar-refractivity contribution in [1.29, 1.82) is 0 Å². The van der Waals surface area contributed by atoms with Crippen LogP contribution in [0.3, 0.4) is 0 Å². The van der Waals surface area contributed by atoms with Crippen molar-refractivity contribution in [3.05, 3.63) is 83.9 Å². The molecule has 2 heterocycles. The van der Waals surface area contributed by atoms with Gasteiger partial charge in [-0.2, -0.15) is 0 Å². The van der Waals surface area contributed by atoms with Crippen LogP contribution in [-0.2, 0) is 17.8 Å². The van der Waals surface area contributed by atoms with E-state index >= 15 is 0 Å². The molecule has 0 aliphatic carbocycles. The van der Waals surface area contributed by atoms with Gasteiger partial charge in [0.1, 0.15) is 11.6 Å². The van der Waals surface area contributed by atoms with Crippen molar-refractivity contribution in [2.45, 2.75) is 19.9 Å². The number of anilines is 1. The molecule has 30 heavy (non-hydrogen) atoms. The van der Waals surface area contributed by atoms with Gasteiger partial charge in [0.15, 0.2) is 5.13 Å². The predicted molar refractivity (Wildman–Crippen MR) is 116 cm³/mol. The van der Waals surface area contributed by atoms with Gasteiger partial charge < -0.3 is 4.74 Å². The van der Waals surface area contributed by atoms with Gasteiger partial charge in [-0.1, -0.05) is 23.5 Å². The molecule has 0 aliphatic heterocycles. The highest BCUT2D eigenvalue weighted by atomic mass is 32.1. The van der Waals surface area contributed by atoms with Crippen LogP contribution in [0, 0.1) is 5.82 Å². The zero-order chi connectivity index (χ0) is 20.9. The van der Waals surface area contributed by atoms with Crippen LogP contribution >= 0.6 is 11.3 Å². The minimum absolute atomic E-state index is 0.109. The number of thiazole rings is 1. The molecule has 0 spiro atoms. The monoisotopic (exact) mass is 421 g/mol. The third-order valence-electron chi connectivity index (χ3n) is 4.55. The molecule has 1 amide bonds. The molecular weight excluding hydrogens is 401 g/mol. The topological polar surface area (TPSA) is 55.3 Å². The van der Waals surface area contributed by atoms with Crippen molar-refractivity contribution in [2.75, 3.05) is 11.5 Å². The summed E-state index contributed by atoms with van der Waals surface area (Å²) in [6.07, 6.45) is 3.56. The summed E-state index contributed by atoms with van der Waals surface area (Å²) in [6, 6.07) is 15.4. The Hall–Kier alpha value is -3.32. The Labute approximate surface area is 177 Å². The number of benzene rings is 2. The van der Waals surface area contributed by atoms with Gasteiger partial charge in [0, 0.05) is 12.4 Å². The minimum atomic E-state index is -0.323. The van der Waals surface area contributed by atoms with E-state index in [1.54, 1.807) is 29.4 Å². The van der Waals surface area contributed by atoms with Gasteiger partial charge in [0.2, 0.25) is 5.91 Å². The Bertz CT molecular complexity index is 1150.